The molecule has 0 unspecified atom stereocenters. The van der Waals surface area contributed by atoms with E-state index in [0.29, 0.717) is 23.2 Å². The minimum absolute atomic E-state index is 0.0601. The second-order valence-corrected chi connectivity index (χ2v) is 8.58. The zero-order valence-corrected chi connectivity index (χ0v) is 20.5. The third-order valence-electron chi connectivity index (χ3n) is 5.65. The van der Waals surface area contributed by atoms with Crippen LogP contribution in [-0.4, -0.2) is 27.5 Å². The van der Waals surface area contributed by atoms with Gasteiger partial charge in [0.1, 0.15) is 11.3 Å². The van der Waals surface area contributed by atoms with Gasteiger partial charge in [0, 0.05) is 23.4 Å². The van der Waals surface area contributed by atoms with Crippen LogP contribution in [0.15, 0.2) is 71.1 Å². The lowest BCUT2D eigenvalue weighted by Gasteiger charge is -2.10. The van der Waals surface area contributed by atoms with Crippen molar-refractivity contribution in [2.75, 3.05) is 11.9 Å². The highest BCUT2D eigenvalue weighted by molar-refractivity contribution is 7.80. The van der Waals surface area contributed by atoms with E-state index in [1.165, 1.54) is 29.8 Å². The molecule has 184 valence electrons. The molecule has 0 aliphatic heterocycles. The molecular formula is C26H24N4O5S. The van der Waals surface area contributed by atoms with Crippen LogP contribution in [0, 0.1) is 10.1 Å². The molecule has 2 N–H and O–H groups in total. The number of carbonyl (C=O) groups is 1. The van der Waals surface area contributed by atoms with Crippen LogP contribution in [0.1, 0.15) is 31.7 Å². The highest BCUT2D eigenvalue weighted by atomic mass is 32.1. The number of hydrogen-bond acceptors (Lipinski definition) is 7. The number of thiocarbonyl (C=S) groups is 1. The van der Waals surface area contributed by atoms with E-state index in [0.717, 1.165) is 23.1 Å². The first kappa shape index (κ1) is 24.8. The Balaban J connectivity index is 1.31. The first-order chi connectivity index (χ1) is 17.3. The van der Waals surface area contributed by atoms with Crippen LogP contribution in [0.25, 0.3) is 22.6 Å². The zero-order valence-electron chi connectivity index (χ0n) is 19.7. The fourth-order valence-electron chi connectivity index (χ4n) is 3.44. The molecule has 10 heteroatoms. The van der Waals surface area contributed by atoms with Crippen LogP contribution in [0.5, 0.6) is 5.75 Å². The SMILES string of the molecule is CC[C@H](C)c1ccc2oc(-c3ccc(NC(=S)NC(=O)COc4ccc([N+](=O)[O-])cc4)cc3)nc2c1. The molecule has 0 bridgehead atoms. The summed E-state index contributed by atoms with van der Waals surface area (Å²) in [7, 11) is 0. The van der Waals surface area contributed by atoms with Crippen molar-refractivity contribution in [2.45, 2.75) is 26.2 Å². The molecule has 9 nitrogen and oxygen atoms in total. The number of amides is 1. The normalized spacial score (nSPS) is 11.6. The van der Waals surface area contributed by atoms with E-state index < -0.39 is 10.8 Å². The molecule has 4 rings (SSSR count). The van der Waals surface area contributed by atoms with Crippen LogP contribution < -0.4 is 15.4 Å². The van der Waals surface area contributed by atoms with Gasteiger partial charge in [0.2, 0.25) is 5.89 Å². The summed E-state index contributed by atoms with van der Waals surface area (Å²) in [6.45, 7) is 4.05. The minimum Gasteiger partial charge on any atom is -0.484 e. The highest BCUT2D eigenvalue weighted by Gasteiger charge is 2.12. The molecule has 0 aliphatic carbocycles. The van der Waals surface area contributed by atoms with E-state index in [2.05, 4.69) is 41.6 Å². The van der Waals surface area contributed by atoms with Crippen molar-refractivity contribution in [3.05, 3.63) is 82.4 Å². The molecule has 1 aromatic heterocycles. The fraction of sp³-hybridized carbons (Fsp3) is 0.192. The Morgan fingerprint density at radius 3 is 2.53 bits per heavy atom. The number of nitro groups is 1. The van der Waals surface area contributed by atoms with Crippen molar-refractivity contribution in [1.82, 2.24) is 10.3 Å². The topological polar surface area (TPSA) is 120 Å². The molecule has 0 fully saturated rings. The number of nitrogens with zero attached hydrogens (tertiary/aromatic N) is 2. The molecular weight excluding hydrogens is 480 g/mol. The summed E-state index contributed by atoms with van der Waals surface area (Å²) in [5, 5.41) is 16.3. The van der Waals surface area contributed by atoms with E-state index in [1.54, 1.807) is 12.1 Å². The van der Waals surface area contributed by atoms with E-state index in [4.69, 9.17) is 21.4 Å². The number of fused-ring (bicyclic) bond motifs is 1. The zero-order chi connectivity index (χ0) is 25.7. The number of oxazole rings is 1. The summed E-state index contributed by atoms with van der Waals surface area (Å²) in [5.41, 5.74) is 4.22. The van der Waals surface area contributed by atoms with Gasteiger partial charge < -0.3 is 14.5 Å². The van der Waals surface area contributed by atoms with Gasteiger partial charge in [-0.3, -0.25) is 20.2 Å². The van der Waals surface area contributed by atoms with E-state index in [1.807, 2.05) is 18.2 Å². The van der Waals surface area contributed by atoms with Crippen molar-refractivity contribution < 1.29 is 18.9 Å². The minimum atomic E-state index is -0.510. The summed E-state index contributed by atoms with van der Waals surface area (Å²) in [5.74, 6) is 0.849. The molecule has 0 spiro atoms. The number of rotatable bonds is 8. The largest absolute Gasteiger partial charge is 0.484 e. The molecule has 0 radical (unpaired) electrons. The van der Waals surface area contributed by atoms with Gasteiger partial charge in [-0.25, -0.2) is 4.98 Å². The molecule has 36 heavy (non-hydrogen) atoms. The van der Waals surface area contributed by atoms with Crippen LogP contribution in [0.3, 0.4) is 0 Å². The lowest BCUT2D eigenvalue weighted by Crippen LogP contribution is -2.37. The molecule has 4 aromatic rings. The first-order valence-electron chi connectivity index (χ1n) is 11.3. The molecule has 0 aliphatic rings. The Morgan fingerprint density at radius 1 is 1.14 bits per heavy atom. The Labute approximate surface area is 212 Å². The summed E-state index contributed by atoms with van der Waals surface area (Å²) < 4.78 is 11.2. The number of nitrogens with one attached hydrogen (secondary N) is 2. The molecule has 1 heterocycles. The van der Waals surface area contributed by atoms with Crippen molar-refractivity contribution in [3.8, 4) is 17.2 Å². The van der Waals surface area contributed by atoms with Gasteiger partial charge in [-0.2, -0.15) is 0 Å². The molecule has 1 atom stereocenters. The maximum atomic E-state index is 12.1. The number of benzene rings is 3. The predicted molar refractivity (Wildman–Crippen MR) is 141 cm³/mol. The van der Waals surface area contributed by atoms with Crippen molar-refractivity contribution in [1.29, 1.82) is 0 Å². The number of aromatic nitrogens is 1. The van der Waals surface area contributed by atoms with E-state index in [-0.39, 0.29) is 17.4 Å². The fourth-order valence-corrected chi connectivity index (χ4v) is 3.68. The summed E-state index contributed by atoms with van der Waals surface area (Å²) >= 11 is 5.20. The van der Waals surface area contributed by atoms with E-state index in [9.17, 15) is 14.9 Å². The lowest BCUT2D eigenvalue weighted by atomic mass is 9.98. The first-order valence-corrected chi connectivity index (χ1v) is 11.7. The van der Waals surface area contributed by atoms with Crippen LogP contribution in [-0.2, 0) is 4.79 Å². The van der Waals surface area contributed by atoms with Gasteiger partial charge in [-0.05, 0) is 78.7 Å². The number of carbonyl (C=O) groups excluding carboxylic acids is 1. The maximum absolute atomic E-state index is 12.1. The number of nitro benzene ring substituents is 1. The quantitative estimate of drug-likeness (QED) is 0.175. The van der Waals surface area contributed by atoms with Crippen LogP contribution in [0.4, 0.5) is 11.4 Å². The van der Waals surface area contributed by atoms with Crippen LogP contribution in [0.2, 0.25) is 0 Å². The third-order valence-corrected chi connectivity index (χ3v) is 5.86. The smallest absolute Gasteiger partial charge is 0.269 e. The molecule has 0 saturated carbocycles. The second kappa shape index (κ2) is 11.0. The van der Waals surface area contributed by atoms with Gasteiger partial charge in [-0.15, -0.1) is 0 Å². The Kier molecular flexibility index (Phi) is 7.55. The third kappa shape index (κ3) is 6.02. The lowest BCUT2D eigenvalue weighted by molar-refractivity contribution is -0.384. The van der Waals surface area contributed by atoms with Gasteiger partial charge in [-0.1, -0.05) is 19.9 Å². The average Bonchev–Trinajstić information content (AvgIpc) is 3.31. The number of anilines is 1. The highest BCUT2D eigenvalue weighted by Crippen LogP contribution is 2.28. The summed E-state index contributed by atoms with van der Waals surface area (Å²) in [6.07, 6.45) is 1.06. The standard InChI is InChI=1S/C26H24N4O5S/c1-3-16(2)18-6-13-23-22(14-18)28-25(35-23)17-4-7-19(8-5-17)27-26(36)29-24(31)15-34-21-11-9-20(10-12-21)30(32)33/h4-14,16H,3,15H2,1-2H3,(H2,27,29,31,36)/t16-/m0/s1. The van der Waals surface area contributed by atoms with Crippen LogP contribution >= 0.6 is 12.2 Å². The van der Waals surface area contributed by atoms with Gasteiger partial charge in [0.05, 0.1) is 4.92 Å². The Bertz CT molecular complexity index is 1400. The Hall–Kier alpha value is -4.31. The van der Waals surface area contributed by atoms with Crippen molar-refractivity contribution in [3.63, 3.8) is 0 Å². The summed E-state index contributed by atoms with van der Waals surface area (Å²) in [6, 6.07) is 18.9. The summed E-state index contributed by atoms with van der Waals surface area (Å²) in [4.78, 5) is 26.9. The molecule has 0 saturated heterocycles. The number of non-ortho nitro benzene ring substituents is 1. The second-order valence-electron chi connectivity index (χ2n) is 8.17. The maximum Gasteiger partial charge on any atom is 0.269 e. The molecule has 3 aromatic carbocycles. The van der Waals surface area contributed by atoms with Crippen molar-refractivity contribution in [2.24, 2.45) is 0 Å². The Morgan fingerprint density at radius 2 is 1.86 bits per heavy atom. The molecule has 1 amide bonds. The number of hydrogen-bond donors (Lipinski definition) is 2. The monoisotopic (exact) mass is 504 g/mol. The van der Waals surface area contributed by atoms with Crippen molar-refractivity contribution >= 4 is 45.7 Å². The van der Waals surface area contributed by atoms with Gasteiger partial charge in [0.15, 0.2) is 17.3 Å². The predicted octanol–water partition coefficient (Wildman–Crippen LogP) is 5.81. The van der Waals surface area contributed by atoms with E-state index >= 15 is 0 Å². The van der Waals surface area contributed by atoms with Gasteiger partial charge >= 0.3 is 0 Å². The number of ether oxygens (including phenoxy) is 1. The van der Waals surface area contributed by atoms with Gasteiger partial charge in [0.25, 0.3) is 11.6 Å². The average molecular weight is 505 g/mol.